The summed E-state index contributed by atoms with van der Waals surface area (Å²) in [6.45, 7) is 0.499. The van der Waals surface area contributed by atoms with Gasteiger partial charge in [0.2, 0.25) is 0 Å². The monoisotopic (exact) mass is 387 g/mol. The molecule has 124 valence electrons. The number of rotatable bonds is 5. The smallest absolute Gasteiger partial charge is 0.260 e. The summed E-state index contributed by atoms with van der Waals surface area (Å²) in [5, 5.41) is 0. The van der Waals surface area contributed by atoms with E-state index in [0.717, 1.165) is 21.2 Å². The number of amides is 1. The van der Waals surface area contributed by atoms with Crippen molar-refractivity contribution in [3.05, 3.63) is 63.6 Å². The highest BCUT2D eigenvalue weighted by molar-refractivity contribution is 9.10. The van der Waals surface area contributed by atoms with E-state index in [0.29, 0.717) is 25.1 Å². The fourth-order valence-corrected chi connectivity index (χ4v) is 3.06. The Morgan fingerprint density at radius 3 is 2.67 bits per heavy atom. The van der Waals surface area contributed by atoms with E-state index in [2.05, 4.69) is 15.9 Å². The SMILES string of the molecule is CN(Cc1ccc(Br)cc1)C(=O)COc1cccc2c1CCC2=O. The Morgan fingerprint density at radius 2 is 1.92 bits per heavy atom. The maximum Gasteiger partial charge on any atom is 0.260 e. The Bertz CT molecular complexity index is 771. The number of carbonyl (C=O) groups is 2. The van der Waals surface area contributed by atoms with Gasteiger partial charge in [0.1, 0.15) is 5.75 Å². The normalized spacial score (nSPS) is 12.8. The second-order valence-corrected chi connectivity index (χ2v) is 6.79. The summed E-state index contributed by atoms with van der Waals surface area (Å²) >= 11 is 3.40. The molecule has 0 radical (unpaired) electrons. The van der Waals surface area contributed by atoms with Crippen molar-refractivity contribution >= 4 is 27.6 Å². The molecule has 0 saturated heterocycles. The van der Waals surface area contributed by atoms with Gasteiger partial charge in [-0.2, -0.15) is 0 Å². The highest BCUT2D eigenvalue weighted by Gasteiger charge is 2.23. The quantitative estimate of drug-likeness (QED) is 0.786. The minimum Gasteiger partial charge on any atom is -0.483 e. The Balaban J connectivity index is 1.59. The van der Waals surface area contributed by atoms with Crippen molar-refractivity contribution in [1.29, 1.82) is 0 Å². The van der Waals surface area contributed by atoms with E-state index < -0.39 is 0 Å². The topological polar surface area (TPSA) is 46.6 Å². The Hall–Kier alpha value is -2.14. The molecule has 24 heavy (non-hydrogen) atoms. The van der Waals surface area contributed by atoms with Crippen LogP contribution >= 0.6 is 15.9 Å². The Labute approximate surface area is 149 Å². The van der Waals surface area contributed by atoms with Crippen molar-refractivity contribution in [2.75, 3.05) is 13.7 Å². The first-order chi connectivity index (χ1) is 11.5. The van der Waals surface area contributed by atoms with Gasteiger partial charge in [0, 0.05) is 35.6 Å². The average Bonchev–Trinajstić information content (AvgIpc) is 2.96. The van der Waals surface area contributed by atoms with Gasteiger partial charge in [0.15, 0.2) is 12.4 Å². The number of ketones is 1. The second-order valence-electron chi connectivity index (χ2n) is 5.87. The first-order valence-electron chi connectivity index (χ1n) is 7.81. The van der Waals surface area contributed by atoms with Crippen LogP contribution in [0, 0.1) is 0 Å². The number of halogens is 1. The highest BCUT2D eigenvalue weighted by atomic mass is 79.9. The van der Waals surface area contributed by atoms with E-state index in [4.69, 9.17) is 4.74 Å². The van der Waals surface area contributed by atoms with Gasteiger partial charge < -0.3 is 9.64 Å². The maximum atomic E-state index is 12.3. The van der Waals surface area contributed by atoms with E-state index in [-0.39, 0.29) is 18.3 Å². The lowest BCUT2D eigenvalue weighted by Crippen LogP contribution is -2.31. The van der Waals surface area contributed by atoms with Crippen molar-refractivity contribution in [2.24, 2.45) is 0 Å². The van der Waals surface area contributed by atoms with Crippen LogP contribution in [0.5, 0.6) is 5.75 Å². The number of fused-ring (bicyclic) bond motifs is 1. The Morgan fingerprint density at radius 1 is 1.17 bits per heavy atom. The van der Waals surface area contributed by atoms with Crippen LogP contribution < -0.4 is 4.74 Å². The largest absolute Gasteiger partial charge is 0.483 e. The molecule has 0 aromatic heterocycles. The molecule has 0 N–H and O–H groups in total. The van der Waals surface area contributed by atoms with Crippen LogP contribution in [0.1, 0.15) is 27.9 Å². The molecule has 0 aliphatic heterocycles. The highest BCUT2D eigenvalue weighted by Crippen LogP contribution is 2.30. The molecule has 2 aromatic rings. The van der Waals surface area contributed by atoms with Crippen LogP contribution in [0.3, 0.4) is 0 Å². The summed E-state index contributed by atoms with van der Waals surface area (Å²) < 4.78 is 6.70. The molecule has 0 fully saturated rings. The second kappa shape index (κ2) is 7.18. The van der Waals surface area contributed by atoms with E-state index >= 15 is 0 Å². The van der Waals surface area contributed by atoms with Crippen molar-refractivity contribution in [1.82, 2.24) is 4.90 Å². The molecule has 1 amide bonds. The Kier molecular flexibility index (Phi) is 5.00. The predicted octanol–water partition coefficient (Wildman–Crippen LogP) is 3.62. The zero-order valence-electron chi connectivity index (χ0n) is 13.4. The van der Waals surface area contributed by atoms with Gasteiger partial charge in [-0.05, 0) is 30.2 Å². The summed E-state index contributed by atoms with van der Waals surface area (Å²) in [5.41, 5.74) is 2.70. The third-order valence-electron chi connectivity index (χ3n) is 4.15. The van der Waals surface area contributed by atoms with Crippen LogP contribution in [0.25, 0.3) is 0 Å². The van der Waals surface area contributed by atoms with Crippen molar-refractivity contribution in [2.45, 2.75) is 19.4 Å². The summed E-state index contributed by atoms with van der Waals surface area (Å²) in [7, 11) is 1.76. The minimum absolute atomic E-state index is 0.0301. The molecule has 1 aliphatic carbocycles. The number of carbonyl (C=O) groups excluding carboxylic acids is 2. The van der Waals surface area contributed by atoms with Crippen LogP contribution in [-0.4, -0.2) is 30.2 Å². The number of benzene rings is 2. The third-order valence-corrected chi connectivity index (χ3v) is 4.67. The molecule has 0 bridgehead atoms. The third kappa shape index (κ3) is 3.67. The lowest BCUT2D eigenvalue weighted by Gasteiger charge is -2.18. The van der Waals surface area contributed by atoms with Crippen molar-refractivity contribution < 1.29 is 14.3 Å². The van der Waals surface area contributed by atoms with Crippen LogP contribution in [0.2, 0.25) is 0 Å². The fraction of sp³-hybridized carbons (Fsp3) is 0.263. The summed E-state index contributed by atoms with van der Waals surface area (Å²) in [5.74, 6) is 0.692. The van der Waals surface area contributed by atoms with E-state index in [1.165, 1.54) is 0 Å². The number of hydrogen-bond donors (Lipinski definition) is 0. The molecule has 3 rings (SSSR count). The summed E-state index contributed by atoms with van der Waals surface area (Å²) in [4.78, 5) is 25.7. The number of likely N-dealkylation sites (N-methyl/N-ethyl adjacent to an activating group) is 1. The molecule has 0 heterocycles. The zero-order chi connectivity index (χ0) is 17.1. The number of ether oxygens (including phenoxy) is 1. The first kappa shape index (κ1) is 16.7. The van der Waals surface area contributed by atoms with Gasteiger partial charge in [0.25, 0.3) is 5.91 Å². The predicted molar refractivity (Wildman–Crippen MR) is 95.2 cm³/mol. The molecule has 0 saturated carbocycles. The van der Waals surface area contributed by atoms with Crippen LogP contribution in [0.15, 0.2) is 46.9 Å². The van der Waals surface area contributed by atoms with E-state index in [9.17, 15) is 9.59 Å². The van der Waals surface area contributed by atoms with Gasteiger partial charge in [-0.25, -0.2) is 0 Å². The molecule has 0 unspecified atom stereocenters. The number of hydrogen-bond acceptors (Lipinski definition) is 3. The van der Waals surface area contributed by atoms with Gasteiger partial charge in [-0.1, -0.05) is 40.2 Å². The first-order valence-corrected chi connectivity index (χ1v) is 8.60. The minimum atomic E-state index is -0.0974. The molecule has 1 aliphatic rings. The molecule has 0 spiro atoms. The van der Waals surface area contributed by atoms with Crippen LogP contribution in [0.4, 0.5) is 0 Å². The number of nitrogens with zero attached hydrogens (tertiary/aromatic N) is 1. The lowest BCUT2D eigenvalue weighted by atomic mass is 10.1. The molecule has 4 nitrogen and oxygen atoms in total. The van der Waals surface area contributed by atoms with Gasteiger partial charge in [-0.3, -0.25) is 9.59 Å². The van der Waals surface area contributed by atoms with Gasteiger partial charge in [0.05, 0.1) is 0 Å². The summed E-state index contributed by atoms with van der Waals surface area (Å²) in [6.07, 6.45) is 1.21. The molecular weight excluding hydrogens is 370 g/mol. The molecule has 2 aromatic carbocycles. The average molecular weight is 388 g/mol. The fourth-order valence-electron chi connectivity index (χ4n) is 2.79. The molecule has 5 heteroatoms. The van der Waals surface area contributed by atoms with Crippen molar-refractivity contribution in [3.63, 3.8) is 0 Å². The van der Waals surface area contributed by atoms with Gasteiger partial charge >= 0.3 is 0 Å². The van der Waals surface area contributed by atoms with E-state index in [1.54, 1.807) is 18.0 Å². The van der Waals surface area contributed by atoms with E-state index in [1.807, 2.05) is 36.4 Å². The van der Waals surface area contributed by atoms with Gasteiger partial charge in [-0.15, -0.1) is 0 Å². The van der Waals surface area contributed by atoms with Crippen LogP contribution in [-0.2, 0) is 17.8 Å². The maximum absolute atomic E-state index is 12.3. The molecule has 0 atom stereocenters. The van der Waals surface area contributed by atoms with Crippen molar-refractivity contribution in [3.8, 4) is 5.75 Å². The standard InChI is InChI=1S/C19H18BrNO3/c1-21(11-13-5-7-14(20)8-6-13)19(23)12-24-18-4-2-3-15-16(18)9-10-17(15)22/h2-8H,9-12H2,1H3. The number of Topliss-reactive ketones (excluding diaryl/α,β-unsaturated/α-hetero) is 1. The zero-order valence-corrected chi connectivity index (χ0v) is 15.0. The lowest BCUT2D eigenvalue weighted by molar-refractivity contribution is -0.132. The molecular formula is C19H18BrNO3. The summed E-state index contributed by atoms with van der Waals surface area (Å²) in [6, 6.07) is 13.3.